The molecule has 2 aliphatic heterocycles. The van der Waals surface area contributed by atoms with Crippen molar-refractivity contribution in [2.45, 2.75) is 26.7 Å². The molecule has 0 unspecified atom stereocenters. The molecule has 0 radical (unpaired) electrons. The van der Waals surface area contributed by atoms with E-state index in [4.69, 9.17) is 48.1 Å². The average molecular weight is 800 g/mol. The fraction of sp³-hybridized carbons (Fsp3) is 0.444. The zero-order chi connectivity index (χ0) is 40.5. The molecule has 0 atom stereocenters. The van der Waals surface area contributed by atoms with E-state index in [1.54, 1.807) is 14.2 Å². The Morgan fingerprint density at radius 2 is 1.33 bits per heavy atom. The molecule has 13 nitrogen and oxygen atoms in total. The highest BCUT2D eigenvalue weighted by Crippen LogP contribution is 2.43. The molecule has 0 aromatic heterocycles. The molecular formula is C45H57N3O10. The predicted octanol–water partition coefficient (Wildman–Crippen LogP) is 7.33. The molecule has 2 heterocycles. The molecule has 1 aliphatic carbocycles. The van der Waals surface area contributed by atoms with Crippen LogP contribution in [0.1, 0.15) is 24.0 Å². The van der Waals surface area contributed by atoms with Crippen molar-refractivity contribution in [3.63, 3.8) is 0 Å². The van der Waals surface area contributed by atoms with Crippen LogP contribution in [0.4, 0.5) is 11.4 Å². The zero-order valence-electron chi connectivity index (χ0n) is 34.2. The average Bonchev–Trinajstić information content (AvgIpc) is 3.23. The minimum atomic E-state index is 0.201. The number of methoxy groups -OCH3 is 2. The Morgan fingerprint density at radius 3 is 2.03 bits per heavy atom. The van der Waals surface area contributed by atoms with Crippen LogP contribution < -0.4 is 24.6 Å². The highest BCUT2D eigenvalue weighted by atomic mass is 17.2. The maximum absolute atomic E-state index is 8.41. The third-order valence-electron chi connectivity index (χ3n) is 9.87. The van der Waals surface area contributed by atoms with Gasteiger partial charge in [-0.3, -0.25) is 10.2 Å². The van der Waals surface area contributed by atoms with Gasteiger partial charge >= 0.3 is 0 Å². The minimum Gasteiger partial charge on any atom is -0.488 e. The van der Waals surface area contributed by atoms with E-state index < -0.39 is 0 Å². The smallest absolute Gasteiger partial charge is 0.143 e. The first kappa shape index (κ1) is 42.9. The number of rotatable bonds is 16. The van der Waals surface area contributed by atoms with Crippen molar-refractivity contribution in [2.24, 2.45) is 4.99 Å². The molecule has 0 spiro atoms. The summed E-state index contributed by atoms with van der Waals surface area (Å²) >= 11 is 0. The second kappa shape index (κ2) is 22.4. The van der Waals surface area contributed by atoms with E-state index >= 15 is 0 Å². The van der Waals surface area contributed by atoms with Gasteiger partial charge in [-0.1, -0.05) is 24.3 Å². The standard InChI is InChI=1S/C45H57N3O10/c1-33-7-11-37-41(29-33)58-42-32-36(46-15-5-21-56-57-22-6-20-55-49)10-12-38(42)45(37)35-9-14-40-44(31-35)54-28-27-53-43-30-34(2)8-13-39(43)47(16-23-50-3)18-25-52-26-19-48(40)17-24-51-4/h7-14,29-32,49H,5-6,15-28H2,1-4H3/b46-36-. The predicted molar refractivity (Wildman–Crippen MR) is 224 cm³/mol. The topological polar surface area (TPSA) is 126 Å². The molecule has 0 saturated carbocycles. The Morgan fingerprint density at radius 1 is 0.672 bits per heavy atom. The van der Waals surface area contributed by atoms with Crippen molar-refractivity contribution in [1.82, 2.24) is 0 Å². The molecule has 58 heavy (non-hydrogen) atoms. The first-order valence-electron chi connectivity index (χ1n) is 20.0. The van der Waals surface area contributed by atoms with Crippen LogP contribution in [-0.2, 0) is 28.9 Å². The molecule has 6 rings (SSSR count). The van der Waals surface area contributed by atoms with Crippen LogP contribution in [0.3, 0.4) is 0 Å². The van der Waals surface area contributed by atoms with Crippen LogP contribution in [-0.4, -0.2) is 112 Å². The number of hydrogen-bond acceptors (Lipinski definition) is 13. The van der Waals surface area contributed by atoms with Gasteiger partial charge in [0.25, 0.3) is 0 Å². The molecular weight excluding hydrogens is 743 g/mol. The van der Waals surface area contributed by atoms with Gasteiger partial charge in [0.1, 0.15) is 36.1 Å². The van der Waals surface area contributed by atoms with Crippen LogP contribution in [0.15, 0.2) is 82.2 Å². The van der Waals surface area contributed by atoms with E-state index in [1.165, 1.54) is 0 Å². The van der Waals surface area contributed by atoms with Crippen LogP contribution in [0.25, 0.3) is 33.4 Å². The Labute approximate surface area is 340 Å². The van der Waals surface area contributed by atoms with Crippen LogP contribution in [0, 0.1) is 13.8 Å². The number of nitrogens with zero attached hydrogens (tertiary/aromatic N) is 3. The summed E-state index contributed by atoms with van der Waals surface area (Å²) in [6.07, 6.45) is 1.22. The summed E-state index contributed by atoms with van der Waals surface area (Å²) < 4.78 is 36.9. The minimum absolute atomic E-state index is 0.201. The fourth-order valence-corrected chi connectivity index (χ4v) is 6.94. The van der Waals surface area contributed by atoms with E-state index in [2.05, 4.69) is 89.2 Å². The second-order valence-electron chi connectivity index (χ2n) is 14.1. The number of benzene rings is 4. The Bertz CT molecular complexity index is 2070. The fourth-order valence-electron chi connectivity index (χ4n) is 6.94. The van der Waals surface area contributed by atoms with E-state index in [0.29, 0.717) is 98.4 Å². The van der Waals surface area contributed by atoms with Crippen molar-refractivity contribution in [3.05, 3.63) is 89.3 Å². The number of anilines is 2. The lowest BCUT2D eigenvalue weighted by molar-refractivity contribution is -0.302. The molecule has 3 aliphatic rings. The van der Waals surface area contributed by atoms with Gasteiger partial charge in [0.05, 0.1) is 63.0 Å². The lowest BCUT2D eigenvalue weighted by Crippen LogP contribution is -2.33. The summed E-state index contributed by atoms with van der Waals surface area (Å²) in [5.41, 5.74) is 7.98. The summed E-state index contributed by atoms with van der Waals surface area (Å²) in [6, 6.07) is 25.1. The number of fused-ring (bicyclic) bond motifs is 4. The van der Waals surface area contributed by atoms with E-state index in [9.17, 15) is 0 Å². The maximum atomic E-state index is 8.41. The number of hydrogen-bond donors (Lipinski definition) is 1. The first-order chi connectivity index (χ1) is 28.5. The van der Waals surface area contributed by atoms with Gasteiger partial charge < -0.3 is 37.9 Å². The number of aryl methyl sites for hydroxylation is 2. The van der Waals surface area contributed by atoms with Gasteiger partial charge in [-0.05, 0) is 79.4 Å². The van der Waals surface area contributed by atoms with E-state index in [-0.39, 0.29) is 6.61 Å². The Hall–Kier alpha value is -4.73. The lowest BCUT2D eigenvalue weighted by Gasteiger charge is -2.28. The third kappa shape index (κ3) is 11.7. The van der Waals surface area contributed by atoms with Crippen molar-refractivity contribution in [3.8, 4) is 33.9 Å². The highest BCUT2D eigenvalue weighted by Gasteiger charge is 2.21. The zero-order valence-corrected chi connectivity index (χ0v) is 34.2. The molecule has 0 fully saturated rings. The molecule has 1 N–H and O–H groups in total. The van der Waals surface area contributed by atoms with Gasteiger partial charge in [0.15, 0.2) is 0 Å². The largest absolute Gasteiger partial charge is 0.488 e. The van der Waals surface area contributed by atoms with Crippen LogP contribution in [0.5, 0.6) is 11.5 Å². The van der Waals surface area contributed by atoms with Gasteiger partial charge in [0.2, 0.25) is 0 Å². The first-order valence-corrected chi connectivity index (χ1v) is 20.0. The molecule has 312 valence electrons. The molecule has 0 bridgehead atoms. The summed E-state index contributed by atoms with van der Waals surface area (Å²) in [4.78, 5) is 23.7. The molecule has 3 aromatic rings. The van der Waals surface area contributed by atoms with Crippen LogP contribution >= 0.6 is 0 Å². The lowest BCUT2D eigenvalue weighted by atomic mass is 9.93. The summed E-state index contributed by atoms with van der Waals surface area (Å²) in [5.74, 6) is 2.28. The third-order valence-corrected chi connectivity index (χ3v) is 9.87. The van der Waals surface area contributed by atoms with Gasteiger partial charge in [-0.25, -0.2) is 14.7 Å². The van der Waals surface area contributed by atoms with Gasteiger partial charge in [-0.2, -0.15) is 0 Å². The van der Waals surface area contributed by atoms with Crippen molar-refractivity contribution >= 4 is 22.3 Å². The molecule has 13 heteroatoms. The summed E-state index contributed by atoms with van der Waals surface area (Å²) in [7, 11) is 3.44. The maximum Gasteiger partial charge on any atom is 0.143 e. The van der Waals surface area contributed by atoms with Gasteiger partial charge in [0, 0.05) is 75.9 Å². The quantitative estimate of drug-likeness (QED) is 0.0465. The Kier molecular flexibility index (Phi) is 16.6. The van der Waals surface area contributed by atoms with Crippen molar-refractivity contribution in [1.29, 1.82) is 0 Å². The van der Waals surface area contributed by atoms with E-state index in [0.717, 1.165) is 72.8 Å². The monoisotopic (exact) mass is 799 g/mol. The summed E-state index contributed by atoms with van der Waals surface area (Å²) in [6.45, 7) is 11.3. The second-order valence-corrected chi connectivity index (χ2v) is 14.1. The SMILES string of the molecule is COCCN1CCOCCN(CCOC)c2ccc(-c3c4cc/c(=N/CCCOOCCCOO)cc-4oc4cc(C)ccc34)cc2OCCOc2cc(C)ccc21. The molecule has 0 amide bonds. The van der Waals surface area contributed by atoms with Crippen molar-refractivity contribution < 1.29 is 48.0 Å². The summed E-state index contributed by atoms with van der Waals surface area (Å²) in [5, 5.41) is 10.2. The van der Waals surface area contributed by atoms with Crippen LogP contribution in [0.2, 0.25) is 0 Å². The highest BCUT2D eigenvalue weighted by molar-refractivity contribution is 6.02. The van der Waals surface area contributed by atoms with Crippen molar-refractivity contribution in [2.75, 3.05) is 116 Å². The Balaban J connectivity index is 1.32. The normalized spacial score (nSPS) is 14.5. The van der Waals surface area contributed by atoms with E-state index in [1.807, 2.05) is 12.1 Å². The molecule has 0 saturated heterocycles. The molecule has 3 aromatic carbocycles. The number of ether oxygens (including phenoxy) is 5. The van der Waals surface area contributed by atoms with Gasteiger partial charge in [-0.15, -0.1) is 0 Å².